The van der Waals surface area contributed by atoms with Crippen molar-refractivity contribution in [2.75, 3.05) is 0 Å². The van der Waals surface area contributed by atoms with Gasteiger partial charge in [0.15, 0.2) is 0 Å². The standard InChI is InChI=1S/C18H29O2P/c19-21(20,16-10-4-1-5-11-16,17-12-6-2-7-13-17)18-14-8-3-9-15-18/h1,4-5,10-11,17-20H,2-3,6-9,12-15H2. The SMILES string of the molecule is OP(O)(c1ccccc1)(C1CCCCC1)C1CCCCC1. The van der Waals surface area contributed by atoms with E-state index in [1.807, 2.05) is 30.3 Å². The third-order valence-corrected chi connectivity index (χ3v) is 11.1. The van der Waals surface area contributed by atoms with Crippen LogP contribution in [-0.4, -0.2) is 21.1 Å². The first-order chi connectivity index (χ1) is 10.1. The normalized spacial score (nSPS) is 24.4. The Morgan fingerprint density at radius 3 is 1.52 bits per heavy atom. The van der Waals surface area contributed by atoms with Crippen LogP contribution in [0.5, 0.6) is 0 Å². The van der Waals surface area contributed by atoms with Crippen LogP contribution in [-0.2, 0) is 0 Å². The zero-order chi connectivity index (χ0) is 14.8. The predicted molar refractivity (Wildman–Crippen MR) is 91.2 cm³/mol. The van der Waals surface area contributed by atoms with Crippen molar-refractivity contribution in [3.05, 3.63) is 30.3 Å². The molecule has 21 heavy (non-hydrogen) atoms. The van der Waals surface area contributed by atoms with Gasteiger partial charge in [-0.1, -0.05) is 0 Å². The van der Waals surface area contributed by atoms with Gasteiger partial charge in [-0.2, -0.15) is 0 Å². The summed E-state index contributed by atoms with van der Waals surface area (Å²) in [7, 11) is -3.82. The third-order valence-electron chi connectivity index (χ3n) is 5.87. The summed E-state index contributed by atoms with van der Waals surface area (Å²) in [6.45, 7) is 0. The van der Waals surface area contributed by atoms with E-state index in [2.05, 4.69) is 0 Å². The van der Waals surface area contributed by atoms with E-state index in [4.69, 9.17) is 0 Å². The Balaban J connectivity index is 2.04. The Morgan fingerprint density at radius 2 is 1.10 bits per heavy atom. The summed E-state index contributed by atoms with van der Waals surface area (Å²) in [5.74, 6) is 0. The maximum atomic E-state index is 11.9. The average molecular weight is 308 g/mol. The number of hydrogen-bond donors (Lipinski definition) is 2. The van der Waals surface area contributed by atoms with Crippen LogP contribution in [0.25, 0.3) is 0 Å². The van der Waals surface area contributed by atoms with Crippen molar-refractivity contribution >= 4 is 12.4 Å². The molecule has 0 saturated heterocycles. The van der Waals surface area contributed by atoms with E-state index in [9.17, 15) is 9.79 Å². The molecule has 2 fully saturated rings. The molecule has 0 bridgehead atoms. The first-order valence-electron chi connectivity index (χ1n) is 8.68. The van der Waals surface area contributed by atoms with Crippen LogP contribution in [0.1, 0.15) is 64.2 Å². The third kappa shape index (κ3) is 2.67. The minimum atomic E-state index is -3.82. The second-order valence-corrected chi connectivity index (χ2v) is 11.4. The molecule has 0 amide bonds. The summed E-state index contributed by atoms with van der Waals surface area (Å²) < 4.78 is 0. The molecule has 118 valence electrons. The van der Waals surface area contributed by atoms with Gasteiger partial charge in [0.25, 0.3) is 0 Å². The first kappa shape index (κ1) is 15.5. The molecular weight excluding hydrogens is 279 g/mol. The van der Waals surface area contributed by atoms with E-state index in [0.717, 1.165) is 56.7 Å². The van der Waals surface area contributed by atoms with Crippen molar-refractivity contribution < 1.29 is 9.79 Å². The van der Waals surface area contributed by atoms with Crippen molar-refractivity contribution in [3.63, 3.8) is 0 Å². The zero-order valence-electron chi connectivity index (χ0n) is 13.0. The predicted octanol–water partition coefficient (Wildman–Crippen LogP) is 4.35. The van der Waals surface area contributed by atoms with Crippen LogP contribution < -0.4 is 5.30 Å². The van der Waals surface area contributed by atoms with Gasteiger partial charge in [0.05, 0.1) is 0 Å². The molecule has 2 N–H and O–H groups in total. The van der Waals surface area contributed by atoms with Gasteiger partial charge in [-0.25, -0.2) is 0 Å². The Bertz CT molecular complexity index is 437. The Kier molecular flexibility index (Phi) is 4.41. The summed E-state index contributed by atoms with van der Waals surface area (Å²) in [6, 6.07) is 9.85. The molecule has 2 aliphatic rings. The molecule has 3 rings (SSSR count). The van der Waals surface area contributed by atoms with Crippen LogP contribution in [0, 0.1) is 0 Å². The van der Waals surface area contributed by atoms with Crippen LogP contribution in [0.15, 0.2) is 30.3 Å². The second-order valence-electron chi connectivity index (χ2n) is 7.08. The van der Waals surface area contributed by atoms with Gasteiger partial charge in [-0.05, 0) is 0 Å². The van der Waals surface area contributed by atoms with Gasteiger partial charge < -0.3 is 0 Å². The molecule has 1 aromatic rings. The maximum absolute atomic E-state index is 11.9. The van der Waals surface area contributed by atoms with Crippen molar-refractivity contribution in [2.45, 2.75) is 75.5 Å². The average Bonchev–Trinajstić information content (AvgIpc) is 2.57. The summed E-state index contributed by atoms with van der Waals surface area (Å²) in [5.41, 5.74) is 0.213. The zero-order valence-corrected chi connectivity index (χ0v) is 13.8. The molecule has 0 spiro atoms. The number of rotatable bonds is 3. The number of benzene rings is 1. The second kappa shape index (κ2) is 5.99. The van der Waals surface area contributed by atoms with Crippen LogP contribution >= 0.6 is 7.06 Å². The Labute approximate surface area is 128 Å². The van der Waals surface area contributed by atoms with Crippen LogP contribution in [0.4, 0.5) is 0 Å². The van der Waals surface area contributed by atoms with E-state index in [0.29, 0.717) is 0 Å². The van der Waals surface area contributed by atoms with Gasteiger partial charge in [0.2, 0.25) is 0 Å². The molecule has 0 radical (unpaired) electrons. The van der Waals surface area contributed by atoms with Crippen molar-refractivity contribution in [1.82, 2.24) is 0 Å². The van der Waals surface area contributed by atoms with Gasteiger partial charge >= 0.3 is 128 Å². The Morgan fingerprint density at radius 1 is 0.667 bits per heavy atom. The minimum absolute atomic E-state index is 0.107. The van der Waals surface area contributed by atoms with Crippen molar-refractivity contribution in [2.24, 2.45) is 0 Å². The van der Waals surface area contributed by atoms with Gasteiger partial charge in [-0.15, -0.1) is 0 Å². The molecule has 2 nitrogen and oxygen atoms in total. The Hall–Kier alpha value is -0.430. The monoisotopic (exact) mass is 308 g/mol. The molecule has 2 aliphatic carbocycles. The molecule has 0 heterocycles. The fourth-order valence-corrected chi connectivity index (χ4v) is 9.62. The molecular formula is C18H29O2P. The van der Waals surface area contributed by atoms with Crippen molar-refractivity contribution in [3.8, 4) is 0 Å². The molecule has 0 unspecified atom stereocenters. The van der Waals surface area contributed by atoms with E-state index in [-0.39, 0.29) is 11.3 Å². The molecule has 0 aromatic heterocycles. The quantitative estimate of drug-likeness (QED) is 0.815. The summed E-state index contributed by atoms with van der Waals surface area (Å²) in [5, 5.41) is 0.849. The van der Waals surface area contributed by atoms with E-state index in [1.54, 1.807) is 0 Å². The topological polar surface area (TPSA) is 40.5 Å². The van der Waals surface area contributed by atoms with Gasteiger partial charge in [0.1, 0.15) is 0 Å². The van der Waals surface area contributed by atoms with E-state index in [1.165, 1.54) is 12.8 Å². The summed E-state index contributed by atoms with van der Waals surface area (Å²) >= 11 is 0. The van der Waals surface area contributed by atoms with E-state index < -0.39 is 7.06 Å². The molecule has 0 atom stereocenters. The summed E-state index contributed by atoms with van der Waals surface area (Å²) in [4.78, 5) is 23.8. The summed E-state index contributed by atoms with van der Waals surface area (Å²) in [6.07, 6.45) is 11.1. The van der Waals surface area contributed by atoms with Crippen molar-refractivity contribution in [1.29, 1.82) is 0 Å². The molecule has 1 aromatic carbocycles. The van der Waals surface area contributed by atoms with Crippen LogP contribution in [0.2, 0.25) is 0 Å². The van der Waals surface area contributed by atoms with Gasteiger partial charge in [0, 0.05) is 0 Å². The first-order valence-corrected chi connectivity index (χ1v) is 11.0. The molecule has 0 aliphatic heterocycles. The molecule has 2 saturated carbocycles. The van der Waals surface area contributed by atoms with Gasteiger partial charge in [-0.3, -0.25) is 0 Å². The fourth-order valence-electron chi connectivity index (χ4n) is 4.63. The van der Waals surface area contributed by atoms with Crippen LogP contribution in [0.3, 0.4) is 0 Å². The molecule has 3 heteroatoms. The fraction of sp³-hybridized carbons (Fsp3) is 0.667. The van der Waals surface area contributed by atoms with E-state index >= 15 is 0 Å². The number of hydrogen-bond acceptors (Lipinski definition) is 2.